The van der Waals surface area contributed by atoms with Crippen LogP contribution in [0.3, 0.4) is 0 Å². The third-order valence-electron chi connectivity index (χ3n) is 5.70. The van der Waals surface area contributed by atoms with Crippen LogP contribution < -0.4 is 0 Å². The van der Waals surface area contributed by atoms with Crippen LogP contribution >= 0.6 is 0 Å². The maximum Gasteiger partial charge on any atom is 0.376 e. The summed E-state index contributed by atoms with van der Waals surface area (Å²) in [6.07, 6.45) is 3.96. The van der Waals surface area contributed by atoms with E-state index in [9.17, 15) is 9.23 Å². The first-order valence-electron chi connectivity index (χ1n) is 9.40. The van der Waals surface area contributed by atoms with E-state index in [0.717, 1.165) is 57.7 Å². The van der Waals surface area contributed by atoms with Gasteiger partial charge in [0.05, 0.1) is 0 Å². The fourth-order valence-corrected chi connectivity index (χ4v) is 4.38. The Morgan fingerprint density at radius 3 is 2.54 bits per heavy atom. The molecule has 0 spiro atoms. The molecule has 3 heterocycles. The van der Waals surface area contributed by atoms with Crippen molar-refractivity contribution in [3.63, 3.8) is 0 Å². The SMILES string of the molecule is CB(O)N1CCC(N2CCN(Cc3ccc(S(=O)O)nc3)[C@H](C)C2)CC1. The molecule has 7 nitrogen and oxygen atoms in total. The van der Waals surface area contributed by atoms with E-state index >= 15 is 0 Å². The number of nitrogens with zero attached hydrogens (tertiary/aromatic N) is 4. The van der Waals surface area contributed by atoms with E-state index in [1.54, 1.807) is 12.3 Å². The van der Waals surface area contributed by atoms with Crippen molar-refractivity contribution < 1.29 is 13.8 Å². The molecule has 1 aromatic heterocycles. The zero-order valence-electron chi connectivity index (χ0n) is 15.6. The summed E-state index contributed by atoms with van der Waals surface area (Å²) in [6.45, 7) is 10.0. The number of rotatable bonds is 5. The third-order valence-corrected chi connectivity index (χ3v) is 6.30. The van der Waals surface area contributed by atoms with E-state index in [4.69, 9.17) is 4.55 Å². The largest absolute Gasteiger partial charge is 0.437 e. The van der Waals surface area contributed by atoms with Crippen LogP contribution in [0.2, 0.25) is 6.82 Å². The lowest BCUT2D eigenvalue weighted by molar-refractivity contribution is 0.0339. The van der Waals surface area contributed by atoms with Crippen molar-refractivity contribution in [1.82, 2.24) is 19.6 Å². The highest BCUT2D eigenvalue weighted by Gasteiger charge is 2.31. The highest BCUT2D eigenvalue weighted by atomic mass is 32.2. The van der Waals surface area contributed by atoms with Gasteiger partial charge in [0.15, 0.2) is 5.03 Å². The first kappa shape index (κ1) is 19.9. The monoisotopic (exact) mass is 380 g/mol. The minimum absolute atomic E-state index is 0.204. The Morgan fingerprint density at radius 2 is 2.00 bits per heavy atom. The van der Waals surface area contributed by atoms with Gasteiger partial charge in [0.2, 0.25) is 11.1 Å². The molecule has 26 heavy (non-hydrogen) atoms. The fraction of sp³-hybridized carbons (Fsp3) is 0.706. The fourth-order valence-electron chi connectivity index (χ4n) is 4.06. The molecule has 1 unspecified atom stereocenters. The lowest BCUT2D eigenvalue weighted by Crippen LogP contribution is -2.57. The Hall–Kier alpha value is -0.835. The van der Waals surface area contributed by atoms with Gasteiger partial charge in [-0.25, -0.2) is 9.19 Å². The maximum absolute atomic E-state index is 11.0. The Morgan fingerprint density at radius 1 is 1.27 bits per heavy atom. The van der Waals surface area contributed by atoms with Crippen molar-refractivity contribution in [2.24, 2.45) is 0 Å². The van der Waals surface area contributed by atoms with Crippen LogP contribution in [0.15, 0.2) is 23.4 Å². The molecule has 2 aliphatic rings. The molecule has 1 aromatic rings. The zero-order valence-corrected chi connectivity index (χ0v) is 16.4. The van der Waals surface area contributed by atoms with Crippen molar-refractivity contribution in [3.8, 4) is 0 Å². The summed E-state index contributed by atoms with van der Waals surface area (Å²) in [6, 6.07) is 4.60. The van der Waals surface area contributed by atoms with E-state index < -0.39 is 11.1 Å². The van der Waals surface area contributed by atoms with Crippen LogP contribution in [-0.4, -0.2) is 85.2 Å². The van der Waals surface area contributed by atoms with Gasteiger partial charge in [-0.05, 0) is 51.3 Å². The Balaban J connectivity index is 1.50. The number of hydrogen-bond acceptors (Lipinski definition) is 6. The lowest BCUT2D eigenvalue weighted by Gasteiger charge is -2.45. The summed E-state index contributed by atoms with van der Waals surface area (Å²) < 4.78 is 20.1. The van der Waals surface area contributed by atoms with Crippen molar-refractivity contribution in [1.29, 1.82) is 0 Å². The highest BCUT2D eigenvalue weighted by Crippen LogP contribution is 2.22. The normalized spacial score (nSPS) is 25.3. The molecular weight excluding hydrogens is 351 g/mol. The van der Waals surface area contributed by atoms with Crippen LogP contribution in [0, 0.1) is 0 Å². The average Bonchev–Trinajstić information content (AvgIpc) is 2.64. The summed E-state index contributed by atoms with van der Waals surface area (Å²) in [5, 5.41) is 9.91. The Kier molecular flexibility index (Phi) is 6.82. The molecule has 2 saturated heterocycles. The third kappa shape index (κ3) is 4.91. The molecule has 3 rings (SSSR count). The van der Waals surface area contributed by atoms with Gasteiger partial charge >= 0.3 is 7.05 Å². The van der Waals surface area contributed by atoms with Gasteiger partial charge in [-0.2, -0.15) is 0 Å². The molecule has 0 saturated carbocycles. The number of piperazine rings is 1. The second kappa shape index (κ2) is 8.90. The van der Waals surface area contributed by atoms with E-state index in [2.05, 4.69) is 26.5 Å². The smallest absolute Gasteiger partial charge is 0.376 e. The summed E-state index contributed by atoms with van der Waals surface area (Å²) in [4.78, 5) is 11.3. The molecule has 2 aliphatic heterocycles. The lowest BCUT2D eigenvalue weighted by atomic mass is 9.82. The molecule has 2 N–H and O–H groups in total. The number of piperidine rings is 1. The van der Waals surface area contributed by atoms with Gasteiger partial charge in [-0.1, -0.05) is 6.07 Å². The van der Waals surface area contributed by atoms with Crippen molar-refractivity contribution in [2.75, 3.05) is 32.7 Å². The van der Waals surface area contributed by atoms with E-state index in [1.165, 1.54) is 0 Å². The second-order valence-corrected chi connectivity index (χ2v) is 8.38. The maximum atomic E-state index is 11.0. The highest BCUT2D eigenvalue weighted by molar-refractivity contribution is 7.79. The molecule has 0 aromatic carbocycles. The topological polar surface area (TPSA) is 80.1 Å². The molecule has 9 heteroatoms. The van der Waals surface area contributed by atoms with Gasteiger partial charge < -0.3 is 14.4 Å². The molecule has 2 fully saturated rings. The molecule has 2 atom stereocenters. The van der Waals surface area contributed by atoms with Crippen LogP contribution in [0.5, 0.6) is 0 Å². The Bertz CT molecular complexity index is 611. The van der Waals surface area contributed by atoms with Gasteiger partial charge in [-0.15, -0.1) is 0 Å². The summed E-state index contributed by atoms with van der Waals surface area (Å²) >= 11 is -2.01. The first-order valence-corrected chi connectivity index (χ1v) is 10.5. The van der Waals surface area contributed by atoms with Crippen LogP contribution in [-0.2, 0) is 17.6 Å². The quantitative estimate of drug-likeness (QED) is 0.576. The number of aromatic nitrogens is 1. The predicted molar refractivity (Wildman–Crippen MR) is 103 cm³/mol. The summed E-state index contributed by atoms with van der Waals surface area (Å²) in [5.41, 5.74) is 1.07. The first-order chi connectivity index (χ1) is 12.4. The van der Waals surface area contributed by atoms with Crippen molar-refractivity contribution in [2.45, 2.75) is 50.2 Å². The minimum atomic E-state index is -2.01. The second-order valence-electron chi connectivity index (χ2n) is 7.47. The van der Waals surface area contributed by atoms with Gasteiger partial charge in [0.1, 0.15) is 0 Å². The molecule has 0 amide bonds. The van der Waals surface area contributed by atoms with Crippen LogP contribution in [0.25, 0.3) is 0 Å². The van der Waals surface area contributed by atoms with Gasteiger partial charge in [-0.3, -0.25) is 9.80 Å². The average molecular weight is 380 g/mol. The summed E-state index contributed by atoms with van der Waals surface area (Å²) in [5.74, 6) is 0. The Labute approximate surface area is 158 Å². The van der Waals surface area contributed by atoms with E-state index in [-0.39, 0.29) is 12.1 Å². The molecule has 0 bridgehead atoms. The standard InChI is InChI=1S/C17H29BN4O3S/c1-14-12-21(16-5-7-22(8-6-16)18(2)23)10-9-20(14)13-15-3-4-17(19-11-15)26(24)25/h3-4,11,14,16,23H,5-10,12-13H2,1-2H3,(H,24,25)/t14-/m1/s1. The summed E-state index contributed by atoms with van der Waals surface area (Å²) in [7, 11) is -0.338. The zero-order chi connectivity index (χ0) is 18.7. The predicted octanol–water partition coefficient (Wildman–Crippen LogP) is 0.743. The van der Waals surface area contributed by atoms with Gasteiger partial charge in [0.25, 0.3) is 0 Å². The molecule has 144 valence electrons. The van der Waals surface area contributed by atoms with E-state index in [1.807, 2.05) is 12.9 Å². The minimum Gasteiger partial charge on any atom is -0.437 e. The number of pyridine rings is 1. The van der Waals surface area contributed by atoms with Crippen molar-refractivity contribution in [3.05, 3.63) is 23.9 Å². The molecular formula is C17H29BN4O3S. The molecule has 0 aliphatic carbocycles. The van der Waals surface area contributed by atoms with Crippen LogP contribution in [0.4, 0.5) is 0 Å². The van der Waals surface area contributed by atoms with E-state index in [0.29, 0.717) is 12.1 Å². The molecule has 0 radical (unpaired) electrons. The van der Waals surface area contributed by atoms with Gasteiger partial charge in [0, 0.05) is 44.5 Å². The van der Waals surface area contributed by atoms with Crippen LogP contribution in [0.1, 0.15) is 25.3 Å². The number of hydrogen-bond donors (Lipinski definition) is 2. The van der Waals surface area contributed by atoms with Crippen molar-refractivity contribution >= 4 is 18.1 Å².